The molecule has 0 saturated heterocycles. The molecule has 0 radical (unpaired) electrons. The summed E-state index contributed by atoms with van der Waals surface area (Å²) in [5.41, 5.74) is 0.0734. The molecule has 0 unspecified atom stereocenters. The van der Waals surface area contributed by atoms with E-state index in [0.717, 1.165) is 18.7 Å². The Hall–Kier alpha value is -2.42. The zero-order valence-corrected chi connectivity index (χ0v) is 14.8. The lowest BCUT2D eigenvalue weighted by atomic mass is 10.2. The summed E-state index contributed by atoms with van der Waals surface area (Å²) in [6.45, 7) is 4.12. The molecule has 132 valence electrons. The maximum Gasteiger partial charge on any atom is 0.292 e. The van der Waals surface area contributed by atoms with Gasteiger partial charge in [-0.3, -0.25) is 14.9 Å². The quantitative estimate of drug-likeness (QED) is 0.461. The lowest BCUT2D eigenvalue weighted by molar-refractivity contribution is -0.383. The van der Waals surface area contributed by atoms with E-state index in [-0.39, 0.29) is 29.1 Å². The van der Waals surface area contributed by atoms with Crippen molar-refractivity contribution in [3.63, 3.8) is 0 Å². The summed E-state index contributed by atoms with van der Waals surface area (Å²) >= 11 is 1.29. The van der Waals surface area contributed by atoms with Crippen LogP contribution >= 0.6 is 11.8 Å². The van der Waals surface area contributed by atoms with E-state index in [0.29, 0.717) is 11.1 Å². The van der Waals surface area contributed by atoms with Crippen LogP contribution in [-0.2, 0) is 4.79 Å². The van der Waals surface area contributed by atoms with Crippen molar-refractivity contribution in [2.24, 2.45) is 0 Å². The van der Waals surface area contributed by atoms with Crippen molar-refractivity contribution < 1.29 is 9.72 Å². The molecule has 2 aromatic rings. The first-order valence-corrected chi connectivity index (χ1v) is 9.06. The number of carbonyl (C=O) groups excluding carboxylic acids is 1. The van der Waals surface area contributed by atoms with E-state index in [1.54, 1.807) is 12.1 Å². The number of para-hydroxylation sites is 2. The van der Waals surface area contributed by atoms with Crippen molar-refractivity contribution in [1.29, 1.82) is 0 Å². The Balaban J connectivity index is 1.66. The van der Waals surface area contributed by atoms with Crippen LogP contribution in [-0.4, -0.2) is 31.3 Å². The number of aromatic nitrogens is 3. The Kier molecular flexibility index (Phi) is 5.03. The summed E-state index contributed by atoms with van der Waals surface area (Å²) in [6, 6.07) is 6.30. The fraction of sp³-hybridized carbons (Fsp3) is 0.438. The fourth-order valence-corrected chi connectivity index (χ4v) is 3.42. The SMILES string of the molecule is CC(C)n1c(SCC(=O)Nc2ccccc2[N+](=O)[O-])nnc1C1CC1. The van der Waals surface area contributed by atoms with Crippen LogP contribution in [0.4, 0.5) is 11.4 Å². The lowest BCUT2D eigenvalue weighted by Crippen LogP contribution is -2.16. The number of hydrogen-bond donors (Lipinski definition) is 1. The van der Waals surface area contributed by atoms with Gasteiger partial charge in [0.15, 0.2) is 5.16 Å². The summed E-state index contributed by atoms with van der Waals surface area (Å²) in [5, 5.41) is 22.8. The standard InChI is InChI=1S/C16H19N5O3S/c1-10(2)20-15(11-7-8-11)18-19-16(20)25-9-14(22)17-12-5-3-4-6-13(12)21(23)24/h3-6,10-11H,7-9H2,1-2H3,(H,17,22). The third kappa shape index (κ3) is 3.98. The second-order valence-electron chi connectivity index (χ2n) is 6.19. The Morgan fingerprint density at radius 3 is 2.76 bits per heavy atom. The van der Waals surface area contributed by atoms with Gasteiger partial charge in [-0.2, -0.15) is 0 Å². The van der Waals surface area contributed by atoms with E-state index in [1.807, 2.05) is 0 Å². The normalized spacial score (nSPS) is 13.9. The monoisotopic (exact) mass is 361 g/mol. The van der Waals surface area contributed by atoms with E-state index in [4.69, 9.17) is 0 Å². The average Bonchev–Trinajstić information content (AvgIpc) is 3.32. The Morgan fingerprint density at radius 1 is 1.40 bits per heavy atom. The van der Waals surface area contributed by atoms with Crippen molar-refractivity contribution in [3.05, 3.63) is 40.2 Å². The van der Waals surface area contributed by atoms with Gasteiger partial charge in [-0.25, -0.2) is 0 Å². The first-order chi connectivity index (χ1) is 12.0. The largest absolute Gasteiger partial charge is 0.320 e. The van der Waals surface area contributed by atoms with Gasteiger partial charge in [0.1, 0.15) is 11.5 Å². The van der Waals surface area contributed by atoms with E-state index in [1.165, 1.54) is 23.9 Å². The van der Waals surface area contributed by atoms with Crippen molar-refractivity contribution in [2.45, 2.75) is 43.8 Å². The first-order valence-electron chi connectivity index (χ1n) is 8.08. The molecular weight excluding hydrogens is 342 g/mol. The molecule has 1 aromatic carbocycles. The highest BCUT2D eigenvalue weighted by atomic mass is 32.2. The molecule has 1 aliphatic rings. The maximum atomic E-state index is 12.2. The fourth-order valence-electron chi connectivity index (χ4n) is 2.55. The van der Waals surface area contributed by atoms with Crippen molar-refractivity contribution in [2.75, 3.05) is 11.1 Å². The zero-order chi connectivity index (χ0) is 18.0. The van der Waals surface area contributed by atoms with E-state index in [2.05, 4.69) is 33.9 Å². The summed E-state index contributed by atoms with van der Waals surface area (Å²) in [7, 11) is 0. The summed E-state index contributed by atoms with van der Waals surface area (Å²) in [6.07, 6.45) is 2.27. The molecule has 1 aliphatic carbocycles. The number of benzene rings is 1. The molecule has 1 saturated carbocycles. The van der Waals surface area contributed by atoms with E-state index in [9.17, 15) is 14.9 Å². The smallest absolute Gasteiger partial charge is 0.292 e. The van der Waals surface area contributed by atoms with Crippen LogP contribution in [0.1, 0.15) is 44.5 Å². The van der Waals surface area contributed by atoms with Gasteiger partial charge in [-0.05, 0) is 32.8 Å². The predicted molar refractivity (Wildman–Crippen MR) is 94.8 cm³/mol. The lowest BCUT2D eigenvalue weighted by Gasteiger charge is -2.13. The number of amides is 1. The molecule has 8 nitrogen and oxygen atoms in total. The number of nitrogens with one attached hydrogen (secondary N) is 1. The van der Waals surface area contributed by atoms with Gasteiger partial charge < -0.3 is 9.88 Å². The van der Waals surface area contributed by atoms with Crippen LogP contribution in [0.15, 0.2) is 29.4 Å². The van der Waals surface area contributed by atoms with Crippen molar-refractivity contribution >= 4 is 29.0 Å². The first kappa shape index (κ1) is 17.4. The topological polar surface area (TPSA) is 103 Å². The van der Waals surface area contributed by atoms with Crippen LogP contribution < -0.4 is 5.32 Å². The molecule has 1 amide bonds. The van der Waals surface area contributed by atoms with Crippen molar-refractivity contribution in [3.8, 4) is 0 Å². The number of nitro groups is 1. The zero-order valence-electron chi connectivity index (χ0n) is 14.0. The molecule has 0 spiro atoms. The second-order valence-corrected chi connectivity index (χ2v) is 7.13. The van der Waals surface area contributed by atoms with Crippen molar-refractivity contribution in [1.82, 2.24) is 14.8 Å². The maximum absolute atomic E-state index is 12.2. The minimum Gasteiger partial charge on any atom is -0.320 e. The number of carbonyl (C=O) groups is 1. The second kappa shape index (κ2) is 7.22. The van der Waals surface area contributed by atoms with Gasteiger partial charge >= 0.3 is 0 Å². The highest BCUT2D eigenvalue weighted by Crippen LogP contribution is 2.41. The van der Waals surface area contributed by atoms with Gasteiger partial charge in [0, 0.05) is 18.0 Å². The molecular formula is C16H19N5O3S. The minimum atomic E-state index is -0.514. The molecule has 1 aromatic heterocycles. The van der Waals surface area contributed by atoms with Crippen LogP contribution in [0, 0.1) is 10.1 Å². The number of nitro benzene ring substituents is 1. The van der Waals surface area contributed by atoms with Gasteiger partial charge in [0.05, 0.1) is 10.7 Å². The molecule has 0 aliphatic heterocycles. The molecule has 1 N–H and O–H groups in total. The average molecular weight is 361 g/mol. The van der Waals surface area contributed by atoms with Crippen LogP contribution in [0.2, 0.25) is 0 Å². The number of nitrogens with zero attached hydrogens (tertiary/aromatic N) is 4. The van der Waals surface area contributed by atoms with Crippen LogP contribution in [0.25, 0.3) is 0 Å². The molecule has 0 atom stereocenters. The molecule has 25 heavy (non-hydrogen) atoms. The minimum absolute atomic E-state index is 0.113. The predicted octanol–water partition coefficient (Wildman–Crippen LogP) is 3.38. The number of hydrogen-bond acceptors (Lipinski definition) is 6. The Labute approximate surface area is 149 Å². The van der Waals surface area contributed by atoms with Gasteiger partial charge in [-0.15, -0.1) is 10.2 Å². The van der Waals surface area contributed by atoms with E-state index < -0.39 is 4.92 Å². The number of anilines is 1. The molecule has 9 heteroatoms. The molecule has 1 heterocycles. The summed E-state index contributed by atoms with van der Waals surface area (Å²) in [4.78, 5) is 22.7. The Morgan fingerprint density at radius 2 is 2.12 bits per heavy atom. The number of rotatable bonds is 7. The van der Waals surface area contributed by atoms with Crippen LogP contribution in [0.5, 0.6) is 0 Å². The third-order valence-electron chi connectivity index (χ3n) is 3.86. The van der Waals surface area contributed by atoms with Gasteiger partial charge in [0.25, 0.3) is 5.69 Å². The molecule has 0 bridgehead atoms. The van der Waals surface area contributed by atoms with Gasteiger partial charge in [-0.1, -0.05) is 23.9 Å². The summed E-state index contributed by atoms with van der Waals surface area (Å²) < 4.78 is 2.07. The van der Waals surface area contributed by atoms with Gasteiger partial charge in [0.2, 0.25) is 5.91 Å². The summed E-state index contributed by atoms with van der Waals surface area (Å²) in [5.74, 6) is 1.26. The highest BCUT2D eigenvalue weighted by molar-refractivity contribution is 7.99. The number of thioether (sulfide) groups is 1. The Bertz CT molecular complexity index is 801. The van der Waals surface area contributed by atoms with E-state index >= 15 is 0 Å². The third-order valence-corrected chi connectivity index (χ3v) is 4.80. The highest BCUT2D eigenvalue weighted by Gasteiger charge is 2.31. The van der Waals surface area contributed by atoms with Crippen LogP contribution in [0.3, 0.4) is 0 Å². The molecule has 1 fully saturated rings. The molecule has 3 rings (SSSR count).